The number of aliphatic hydroxyl groups excluding tert-OH is 1. The lowest BCUT2D eigenvalue weighted by molar-refractivity contribution is -0.144. The monoisotopic (exact) mass is 1170 g/mol. The molecule has 438 valence electrons. The van der Waals surface area contributed by atoms with Crippen molar-refractivity contribution in [3.63, 3.8) is 0 Å². The Labute approximate surface area is 492 Å². The molecule has 0 aliphatic carbocycles. The second kappa shape index (κ2) is 27.4. The third-order valence-corrected chi connectivity index (χ3v) is 17.0. The molecule has 83 heavy (non-hydrogen) atoms. The third-order valence-electron chi connectivity index (χ3n) is 15.8. The number of methoxy groups -OCH3 is 1. The first-order valence-corrected chi connectivity index (χ1v) is 29.5. The predicted octanol–water partition coefficient (Wildman–Crippen LogP) is 8.08. The van der Waals surface area contributed by atoms with Crippen LogP contribution in [0.25, 0.3) is 21.3 Å². The minimum atomic E-state index is -0.921. The number of β-amino-alcohol motifs (C(OH)–C–C–N with tert-alkyl or cyclic N) is 1. The van der Waals surface area contributed by atoms with E-state index in [1.807, 2.05) is 92.7 Å². The molecule has 5 amide bonds. The number of likely N-dealkylation sites (tertiary alicyclic amines) is 2. The van der Waals surface area contributed by atoms with E-state index >= 15 is 0 Å². The first-order valence-electron chi connectivity index (χ1n) is 28.3. The summed E-state index contributed by atoms with van der Waals surface area (Å²) in [6, 6.07) is 22.2. The van der Waals surface area contributed by atoms with E-state index in [-0.39, 0.29) is 54.6 Å². The summed E-state index contributed by atoms with van der Waals surface area (Å²) in [5, 5.41) is 23.2. The van der Waals surface area contributed by atoms with Crippen LogP contribution in [0.3, 0.4) is 0 Å². The summed E-state index contributed by atoms with van der Waals surface area (Å²) in [7, 11) is 1.52. The number of fused-ring (bicyclic) bond motifs is 1. The number of carbonyl (C=O) groups excluding carboxylic acids is 5. The number of ether oxygens (including phenoxy) is 1. The van der Waals surface area contributed by atoms with Crippen LogP contribution in [0.2, 0.25) is 5.02 Å². The van der Waals surface area contributed by atoms with Crippen molar-refractivity contribution in [1.29, 1.82) is 0 Å². The maximum absolute atomic E-state index is 14.2. The normalized spacial score (nSPS) is 17.6. The highest BCUT2D eigenvalue weighted by atomic mass is 35.5. The first kappa shape index (κ1) is 60.2. The van der Waals surface area contributed by atoms with Gasteiger partial charge in [-0.05, 0) is 97.6 Å². The molecule has 5 N–H and O–H groups in total. The van der Waals surface area contributed by atoms with Gasteiger partial charge in [-0.15, -0.1) is 11.3 Å². The number of thiazole rings is 1. The summed E-state index contributed by atoms with van der Waals surface area (Å²) < 4.78 is 19.4. The summed E-state index contributed by atoms with van der Waals surface area (Å²) in [6.45, 7) is 13.3. The first-order chi connectivity index (χ1) is 39.9. The molecule has 0 spiro atoms. The van der Waals surface area contributed by atoms with Crippen LogP contribution in [-0.2, 0) is 43.4 Å². The van der Waals surface area contributed by atoms with Gasteiger partial charge in [-0.2, -0.15) is 0 Å². The molecule has 3 aliphatic heterocycles. The molecule has 0 unspecified atom stereocenters. The van der Waals surface area contributed by atoms with Gasteiger partial charge in [0.25, 0.3) is 0 Å². The summed E-state index contributed by atoms with van der Waals surface area (Å²) in [5.74, 6) is -0.866. The van der Waals surface area contributed by atoms with Crippen LogP contribution >= 0.6 is 22.9 Å². The predicted molar refractivity (Wildman–Crippen MR) is 321 cm³/mol. The molecule has 0 radical (unpaired) electrons. The highest BCUT2D eigenvalue weighted by Crippen LogP contribution is 2.34. The zero-order valence-electron chi connectivity index (χ0n) is 47.6. The van der Waals surface area contributed by atoms with Crippen molar-refractivity contribution < 1.29 is 38.2 Å². The Morgan fingerprint density at radius 1 is 0.880 bits per heavy atom. The van der Waals surface area contributed by atoms with Crippen LogP contribution in [0.5, 0.6) is 5.75 Å². The van der Waals surface area contributed by atoms with Crippen LogP contribution in [-0.4, -0.2) is 153 Å². The molecule has 3 aliphatic rings. The van der Waals surface area contributed by atoms with E-state index in [2.05, 4.69) is 46.0 Å². The Balaban J connectivity index is 0.663. The largest absolute Gasteiger partial charge is 0.494 e. The quantitative estimate of drug-likeness (QED) is 0.0458. The number of aliphatic hydroxyl groups is 1. The van der Waals surface area contributed by atoms with Crippen molar-refractivity contribution in [2.24, 2.45) is 5.41 Å². The van der Waals surface area contributed by atoms with Crippen LogP contribution in [0.15, 0.2) is 103 Å². The SMILES string of the molecule is COc1cc2ncnc(Nc3ccc(F)c(Cl)c3)c2cc1NC(=O)/C=C/CN1CCC(N2CCN(C(=O)CCc3ccc(CCC(=O)N[C@H](C(=O)N4C[C@H](O)C[C@H]4C(=O)NCc4ccc(-c5scnc5C)cc4)C(C)(C)C)cc3)CC2)CC1. The fraction of sp³-hybridized carbons (Fsp3) is 0.419. The molecule has 9 rings (SSSR count). The van der Waals surface area contributed by atoms with Gasteiger partial charge in [0.1, 0.15) is 35.8 Å². The number of halogens is 2. The summed E-state index contributed by atoms with van der Waals surface area (Å²) in [4.78, 5) is 90.1. The molecular weight excluding hydrogens is 1100 g/mol. The van der Waals surface area contributed by atoms with Gasteiger partial charge in [0.2, 0.25) is 29.5 Å². The minimum Gasteiger partial charge on any atom is -0.494 e. The van der Waals surface area contributed by atoms with E-state index in [4.69, 9.17) is 16.3 Å². The Bertz CT molecular complexity index is 3300. The van der Waals surface area contributed by atoms with Crippen molar-refractivity contribution >= 4 is 80.6 Å². The number of amides is 5. The standard InChI is InChI=1S/C62H73ClFN11O7S/c1-39-57(83-38-68-39)43-16-12-42(13-17-43)35-65-60(80)52-32-46(76)36-75(52)61(81)58(62(2,3)4)71-55(78)20-14-40-8-10-41(11-9-40)15-21-56(79)74-29-27-73(28-30-74)45-22-25-72(26-23-45)24-6-7-54(77)70-51-33-47-50(34-53(51)82-5)66-37-67-59(47)69-44-18-19-49(64)48(63)31-44/h6-13,16-19,31,33-34,37-38,45-46,52,58,76H,14-15,20-30,32,35-36H2,1-5H3,(H,65,80)(H,70,77)(H,71,78)(H,66,67,69)/b7-6+/t46-,52+,58-/m1/s1. The van der Waals surface area contributed by atoms with Crippen molar-refractivity contribution in [3.8, 4) is 16.2 Å². The number of nitrogens with one attached hydrogen (secondary N) is 4. The fourth-order valence-electron chi connectivity index (χ4n) is 11.0. The summed E-state index contributed by atoms with van der Waals surface area (Å²) >= 11 is 7.57. The van der Waals surface area contributed by atoms with E-state index in [0.717, 1.165) is 71.8 Å². The fourth-order valence-corrected chi connectivity index (χ4v) is 12.0. The number of aryl methyl sites for hydroxylation is 3. The maximum Gasteiger partial charge on any atom is 0.248 e. The number of piperazine rings is 1. The van der Waals surface area contributed by atoms with Gasteiger partial charge in [0, 0.05) is 94.3 Å². The van der Waals surface area contributed by atoms with Gasteiger partial charge in [-0.1, -0.05) is 87.0 Å². The number of rotatable bonds is 20. The Morgan fingerprint density at radius 3 is 2.24 bits per heavy atom. The van der Waals surface area contributed by atoms with Crippen molar-refractivity contribution in [2.75, 3.05) is 70.1 Å². The van der Waals surface area contributed by atoms with Gasteiger partial charge in [-0.3, -0.25) is 33.8 Å². The van der Waals surface area contributed by atoms with E-state index in [9.17, 15) is 33.5 Å². The molecule has 0 saturated carbocycles. The Kier molecular flexibility index (Phi) is 19.9. The summed E-state index contributed by atoms with van der Waals surface area (Å²) in [6.07, 6.45) is 7.66. The molecular formula is C62H73ClFN11O7S. The van der Waals surface area contributed by atoms with Gasteiger partial charge >= 0.3 is 0 Å². The Hall–Kier alpha value is -7.36. The summed E-state index contributed by atoms with van der Waals surface area (Å²) in [5.41, 5.74) is 7.61. The number of nitrogens with zero attached hydrogens (tertiary/aromatic N) is 7. The zero-order valence-corrected chi connectivity index (χ0v) is 49.2. The molecule has 3 fully saturated rings. The van der Waals surface area contributed by atoms with Gasteiger partial charge in [0.05, 0.1) is 45.5 Å². The lowest BCUT2D eigenvalue weighted by Crippen LogP contribution is -2.57. The van der Waals surface area contributed by atoms with Gasteiger partial charge in [0.15, 0.2) is 0 Å². The molecule has 0 bridgehead atoms. The molecule has 5 heterocycles. The van der Waals surface area contributed by atoms with E-state index < -0.39 is 35.3 Å². The molecule has 18 nitrogen and oxygen atoms in total. The number of benzene rings is 4. The van der Waals surface area contributed by atoms with Crippen LogP contribution in [0.1, 0.15) is 75.3 Å². The second-order valence-electron chi connectivity index (χ2n) is 22.6. The van der Waals surface area contributed by atoms with E-state index in [1.165, 1.54) is 36.5 Å². The van der Waals surface area contributed by atoms with E-state index in [0.29, 0.717) is 78.8 Å². The van der Waals surface area contributed by atoms with E-state index in [1.54, 1.807) is 29.5 Å². The third kappa shape index (κ3) is 15.6. The number of piperidine rings is 1. The number of aromatic nitrogens is 3. The molecule has 6 aromatic rings. The lowest BCUT2D eigenvalue weighted by atomic mass is 9.85. The van der Waals surface area contributed by atoms with Crippen LogP contribution in [0, 0.1) is 18.2 Å². The van der Waals surface area contributed by atoms with Crippen molar-refractivity contribution in [1.82, 2.24) is 45.2 Å². The molecule has 3 saturated heterocycles. The average Bonchev–Trinajstić information content (AvgIpc) is 4.04. The minimum absolute atomic E-state index is 0.00257. The van der Waals surface area contributed by atoms with Crippen LogP contribution in [0.4, 0.5) is 21.6 Å². The molecule has 3 atom stereocenters. The van der Waals surface area contributed by atoms with Crippen molar-refractivity contribution in [2.45, 2.75) is 103 Å². The molecule has 4 aromatic carbocycles. The van der Waals surface area contributed by atoms with Crippen molar-refractivity contribution in [3.05, 3.63) is 136 Å². The topological polar surface area (TPSA) is 215 Å². The average molecular weight is 1170 g/mol. The number of hydrogen-bond acceptors (Lipinski definition) is 14. The number of hydrogen-bond donors (Lipinski definition) is 5. The maximum atomic E-state index is 14.2. The number of carbonyl (C=O) groups is 5. The zero-order chi connectivity index (χ0) is 58.8. The highest BCUT2D eigenvalue weighted by molar-refractivity contribution is 7.13. The molecule has 21 heteroatoms. The van der Waals surface area contributed by atoms with Crippen LogP contribution < -0.4 is 26.0 Å². The molecule has 2 aromatic heterocycles. The highest BCUT2D eigenvalue weighted by Gasteiger charge is 2.44. The van der Waals surface area contributed by atoms with Gasteiger partial charge in [-0.25, -0.2) is 19.3 Å². The Morgan fingerprint density at radius 2 is 1.58 bits per heavy atom. The second-order valence-corrected chi connectivity index (χ2v) is 23.9. The lowest BCUT2D eigenvalue weighted by Gasteiger charge is -2.42. The number of anilines is 3. The smallest absolute Gasteiger partial charge is 0.248 e. The van der Waals surface area contributed by atoms with Gasteiger partial charge < -0.3 is 40.9 Å².